The van der Waals surface area contributed by atoms with Crippen LogP contribution in [-0.4, -0.2) is 22.8 Å². The molecule has 0 aromatic carbocycles. The largest absolute Gasteiger partial charge is 0.440 e. The van der Waals surface area contributed by atoms with Crippen molar-refractivity contribution in [3.05, 3.63) is 12.5 Å². The van der Waals surface area contributed by atoms with Crippen molar-refractivity contribution < 1.29 is 4.42 Å². The molecule has 1 aliphatic carbocycles. The Hall–Kier alpha value is -0.480. The summed E-state index contributed by atoms with van der Waals surface area (Å²) in [6, 6.07) is 0.611. The molecule has 3 nitrogen and oxygen atoms in total. The molecular formula is C13H22N2OS. The van der Waals surface area contributed by atoms with E-state index in [1.165, 1.54) is 25.7 Å². The second-order valence-corrected chi connectivity index (χ2v) is 5.90. The molecule has 1 fully saturated rings. The summed E-state index contributed by atoms with van der Waals surface area (Å²) in [6.45, 7) is 5.52. The lowest BCUT2D eigenvalue weighted by atomic mass is 9.84. The third-order valence-corrected chi connectivity index (χ3v) is 4.83. The van der Waals surface area contributed by atoms with E-state index in [0.717, 1.165) is 17.7 Å². The van der Waals surface area contributed by atoms with Crippen LogP contribution in [-0.2, 0) is 0 Å². The van der Waals surface area contributed by atoms with Crippen LogP contribution >= 0.6 is 11.8 Å². The van der Waals surface area contributed by atoms with Crippen LogP contribution in [0.15, 0.2) is 22.1 Å². The Kier molecular flexibility index (Phi) is 4.92. The molecule has 17 heavy (non-hydrogen) atoms. The SMILES string of the molecule is CCNC1CCC(CC)CC1Sc1ncco1. The second kappa shape index (κ2) is 6.45. The number of oxazole rings is 1. The fourth-order valence-corrected chi connectivity index (χ4v) is 3.86. The zero-order chi connectivity index (χ0) is 12.1. The van der Waals surface area contributed by atoms with Gasteiger partial charge in [-0.3, -0.25) is 0 Å². The van der Waals surface area contributed by atoms with Crippen LogP contribution in [0.25, 0.3) is 0 Å². The molecule has 96 valence electrons. The van der Waals surface area contributed by atoms with Crippen LogP contribution in [0.1, 0.15) is 39.5 Å². The first-order valence-electron chi connectivity index (χ1n) is 6.63. The lowest BCUT2D eigenvalue weighted by Crippen LogP contribution is -2.42. The highest BCUT2D eigenvalue weighted by atomic mass is 32.2. The summed E-state index contributed by atoms with van der Waals surface area (Å²) in [4.78, 5) is 4.22. The van der Waals surface area contributed by atoms with Gasteiger partial charge >= 0.3 is 0 Å². The normalized spacial score (nSPS) is 29.4. The molecule has 2 rings (SSSR count). The molecule has 3 unspecified atom stereocenters. The van der Waals surface area contributed by atoms with Gasteiger partial charge in [0.05, 0.1) is 6.20 Å². The van der Waals surface area contributed by atoms with Crippen molar-refractivity contribution in [1.29, 1.82) is 0 Å². The fraction of sp³-hybridized carbons (Fsp3) is 0.769. The van der Waals surface area contributed by atoms with Crippen molar-refractivity contribution in [2.24, 2.45) is 5.92 Å². The average Bonchev–Trinajstić information content (AvgIpc) is 2.84. The maximum Gasteiger partial charge on any atom is 0.255 e. The zero-order valence-electron chi connectivity index (χ0n) is 10.7. The highest BCUT2D eigenvalue weighted by Gasteiger charge is 2.30. The summed E-state index contributed by atoms with van der Waals surface area (Å²) in [5.41, 5.74) is 0. The van der Waals surface area contributed by atoms with Crippen LogP contribution in [0, 0.1) is 5.92 Å². The summed E-state index contributed by atoms with van der Waals surface area (Å²) in [6.07, 6.45) is 8.60. The van der Waals surface area contributed by atoms with Gasteiger partial charge in [-0.25, -0.2) is 4.98 Å². The van der Waals surface area contributed by atoms with Crippen LogP contribution in [0.5, 0.6) is 0 Å². The van der Waals surface area contributed by atoms with Gasteiger partial charge in [0.25, 0.3) is 5.22 Å². The Bertz CT molecular complexity index is 315. The Labute approximate surface area is 108 Å². The van der Waals surface area contributed by atoms with Gasteiger partial charge in [-0.15, -0.1) is 0 Å². The van der Waals surface area contributed by atoms with Gasteiger partial charge < -0.3 is 9.73 Å². The van der Waals surface area contributed by atoms with Gasteiger partial charge in [-0.05, 0) is 31.7 Å². The Morgan fingerprint density at radius 1 is 1.47 bits per heavy atom. The standard InChI is InChI=1S/C13H22N2OS/c1-3-10-5-6-11(14-4-2)12(9-10)17-13-15-7-8-16-13/h7-8,10-12,14H,3-6,9H2,1-2H3. The molecule has 4 heteroatoms. The first kappa shape index (κ1) is 13.0. The molecule has 1 saturated carbocycles. The lowest BCUT2D eigenvalue weighted by Gasteiger charge is -2.35. The number of rotatable bonds is 5. The third-order valence-electron chi connectivity index (χ3n) is 3.61. The first-order valence-corrected chi connectivity index (χ1v) is 7.51. The van der Waals surface area contributed by atoms with Gasteiger partial charge in [0.2, 0.25) is 0 Å². The molecule has 0 aliphatic heterocycles. The van der Waals surface area contributed by atoms with Crippen LogP contribution in [0.3, 0.4) is 0 Å². The monoisotopic (exact) mass is 254 g/mol. The molecule has 0 radical (unpaired) electrons. The minimum Gasteiger partial charge on any atom is -0.440 e. The van der Waals surface area contributed by atoms with E-state index >= 15 is 0 Å². The Morgan fingerprint density at radius 3 is 3.00 bits per heavy atom. The van der Waals surface area contributed by atoms with Crippen molar-refractivity contribution in [2.75, 3.05) is 6.54 Å². The molecule has 0 bridgehead atoms. The molecule has 1 aromatic heterocycles. The highest BCUT2D eigenvalue weighted by Crippen LogP contribution is 2.36. The number of nitrogens with zero attached hydrogens (tertiary/aromatic N) is 1. The van der Waals surface area contributed by atoms with Crippen LogP contribution in [0.2, 0.25) is 0 Å². The summed E-state index contributed by atoms with van der Waals surface area (Å²) in [5, 5.41) is 5.02. The molecule has 3 atom stereocenters. The first-order chi connectivity index (χ1) is 8.33. The van der Waals surface area contributed by atoms with E-state index in [1.807, 2.05) is 0 Å². The zero-order valence-corrected chi connectivity index (χ0v) is 11.5. The predicted octanol–water partition coefficient (Wildman–Crippen LogP) is 3.32. The van der Waals surface area contributed by atoms with Gasteiger partial charge in [-0.1, -0.05) is 32.0 Å². The molecule has 0 saturated heterocycles. The summed E-state index contributed by atoms with van der Waals surface area (Å²) in [7, 11) is 0. The molecule has 1 aromatic rings. The van der Waals surface area contributed by atoms with Crippen molar-refractivity contribution in [2.45, 2.75) is 56.0 Å². The molecule has 1 N–H and O–H groups in total. The van der Waals surface area contributed by atoms with Crippen molar-refractivity contribution in [3.63, 3.8) is 0 Å². The number of hydrogen-bond acceptors (Lipinski definition) is 4. The van der Waals surface area contributed by atoms with Crippen LogP contribution < -0.4 is 5.32 Å². The molecule has 0 amide bonds. The fourth-order valence-electron chi connectivity index (χ4n) is 2.61. The lowest BCUT2D eigenvalue weighted by molar-refractivity contribution is 0.296. The highest BCUT2D eigenvalue weighted by molar-refractivity contribution is 7.99. The van der Waals surface area contributed by atoms with E-state index < -0.39 is 0 Å². The average molecular weight is 254 g/mol. The number of nitrogens with one attached hydrogen (secondary N) is 1. The van der Waals surface area contributed by atoms with Crippen LogP contribution in [0.4, 0.5) is 0 Å². The summed E-state index contributed by atoms with van der Waals surface area (Å²) < 4.78 is 5.36. The minimum absolute atomic E-state index is 0.604. The Morgan fingerprint density at radius 2 is 2.35 bits per heavy atom. The number of aromatic nitrogens is 1. The maximum absolute atomic E-state index is 5.36. The van der Waals surface area contributed by atoms with Gasteiger partial charge in [0, 0.05) is 11.3 Å². The van der Waals surface area contributed by atoms with E-state index in [9.17, 15) is 0 Å². The van der Waals surface area contributed by atoms with Gasteiger partial charge in [0.15, 0.2) is 0 Å². The number of hydrogen-bond donors (Lipinski definition) is 1. The number of thioether (sulfide) groups is 1. The van der Waals surface area contributed by atoms with Crippen molar-refractivity contribution in [1.82, 2.24) is 10.3 Å². The van der Waals surface area contributed by atoms with Gasteiger partial charge in [-0.2, -0.15) is 0 Å². The minimum atomic E-state index is 0.604. The third kappa shape index (κ3) is 3.49. The second-order valence-electron chi connectivity index (χ2n) is 4.71. The van der Waals surface area contributed by atoms with E-state index in [2.05, 4.69) is 24.1 Å². The van der Waals surface area contributed by atoms with E-state index in [-0.39, 0.29) is 0 Å². The van der Waals surface area contributed by atoms with E-state index in [4.69, 9.17) is 4.42 Å². The maximum atomic E-state index is 5.36. The van der Waals surface area contributed by atoms with Gasteiger partial charge in [0.1, 0.15) is 6.26 Å². The van der Waals surface area contributed by atoms with Crippen molar-refractivity contribution >= 4 is 11.8 Å². The van der Waals surface area contributed by atoms with E-state index in [0.29, 0.717) is 11.3 Å². The summed E-state index contributed by atoms with van der Waals surface area (Å²) in [5.74, 6) is 0.873. The Balaban J connectivity index is 1.97. The molecular weight excluding hydrogens is 232 g/mol. The summed E-state index contributed by atoms with van der Waals surface area (Å²) >= 11 is 1.80. The molecule has 1 aliphatic rings. The predicted molar refractivity (Wildman–Crippen MR) is 71.2 cm³/mol. The molecule has 1 heterocycles. The van der Waals surface area contributed by atoms with Crippen molar-refractivity contribution in [3.8, 4) is 0 Å². The quantitative estimate of drug-likeness (QED) is 0.874. The van der Waals surface area contributed by atoms with E-state index in [1.54, 1.807) is 24.2 Å². The smallest absolute Gasteiger partial charge is 0.255 e. The molecule has 0 spiro atoms. The topological polar surface area (TPSA) is 38.1 Å².